The number of nitrogens with zero attached hydrogens (tertiary/aromatic N) is 3. The van der Waals surface area contributed by atoms with Crippen LogP contribution in [-0.4, -0.2) is 65.3 Å². The second-order valence-electron chi connectivity index (χ2n) is 11.2. The molecule has 1 saturated heterocycles. The summed E-state index contributed by atoms with van der Waals surface area (Å²) >= 11 is 6.55. The first-order valence-electron chi connectivity index (χ1n) is 14.7. The maximum absolute atomic E-state index is 13.3. The normalized spacial score (nSPS) is 14.1. The lowest BCUT2D eigenvalue weighted by Crippen LogP contribution is -2.38. The highest BCUT2D eigenvalue weighted by Crippen LogP contribution is 2.42. The average Bonchev–Trinajstić information content (AvgIpc) is 3.02. The summed E-state index contributed by atoms with van der Waals surface area (Å²) in [5, 5.41) is 17.6. The van der Waals surface area contributed by atoms with Gasteiger partial charge in [0.2, 0.25) is 5.91 Å². The van der Waals surface area contributed by atoms with Gasteiger partial charge in [-0.3, -0.25) is 9.69 Å². The smallest absolute Gasteiger partial charge is 0.416 e. The van der Waals surface area contributed by atoms with Crippen LogP contribution >= 0.6 is 11.6 Å². The fourth-order valence-electron chi connectivity index (χ4n) is 4.93. The van der Waals surface area contributed by atoms with Crippen molar-refractivity contribution in [3.8, 4) is 17.2 Å². The zero-order valence-corrected chi connectivity index (χ0v) is 26.4. The van der Waals surface area contributed by atoms with Crippen LogP contribution in [0.2, 0.25) is 5.02 Å². The Kier molecular flexibility index (Phi) is 10.2. The van der Waals surface area contributed by atoms with E-state index in [1.807, 2.05) is 0 Å². The second-order valence-corrected chi connectivity index (χ2v) is 11.6. The van der Waals surface area contributed by atoms with Crippen molar-refractivity contribution in [2.75, 3.05) is 50.1 Å². The maximum Gasteiger partial charge on any atom is 0.416 e. The van der Waals surface area contributed by atoms with Gasteiger partial charge in [-0.05, 0) is 56.3 Å². The molecule has 1 aromatic heterocycles. The zero-order valence-electron chi connectivity index (χ0n) is 25.7. The maximum atomic E-state index is 13.3. The number of rotatable bonds is 11. The fourth-order valence-corrected chi connectivity index (χ4v) is 5.13. The summed E-state index contributed by atoms with van der Waals surface area (Å²) in [6.45, 7) is 10.6. The Balaban J connectivity index is 1.47. The predicted octanol–water partition coefficient (Wildman–Crippen LogP) is 6.90. The zero-order chi connectivity index (χ0) is 33.8. The number of alkyl halides is 3. The Bertz CT molecular complexity index is 1770. The summed E-state index contributed by atoms with van der Waals surface area (Å²) in [7, 11) is 0. The van der Waals surface area contributed by atoms with Crippen LogP contribution in [-0.2, 0) is 21.3 Å². The Morgan fingerprint density at radius 2 is 1.87 bits per heavy atom. The average molecular weight is 672 g/mol. The van der Waals surface area contributed by atoms with Crippen LogP contribution in [0.3, 0.4) is 0 Å². The molecule has 14 heteroatoms. The predicted molar refractivity (Wildman–Crippen MR) is 173 cm³/mol. The molecule has 4 aromatic rings. The molecule has 0 atom stereocenters. The number of aromatic nitrogens is 2. The van der Waals surface area contributed by atoms with Gasteiger partial charge in [-0.15, -0.1) is 0 Å². The van der Waals surface area contributed by atoms with Crippen molar-refractivity contribution < 1.29 is 37.3 Å². The van der Waals surface area contributed by atoms with Crippen molar-refractivity contribution in [3.63, 3.8) is 0 Å². The molecule has 47 heavy (non-hydrogen) atoms. The van der Waals surface area contributed by atoms with Crippen molar-refractivity contribution in [1.29, 1.82) is 0 Å². The quantitative estimate of drug-likeness (QED) is 0.146. The highest BCUT2D eigenvalue weighted by molar-refractivity contribution is 6.32. The Morgan fingerprint density at radius 3 is 2.57 bits per heavy atom. The molecule has 1 amide bonds. The van der Waals surface area contributed by atoms with Crippen LogP contribution in [0, 0.1) is 0 Å². The molecule has 0 unspecified atom stereocenters. The van der Waals surface area contributed by atoms with Crippen molar-refractivity contribution in [2.45, 2.75) is 25.6 Å². The third kappa shape index (κ3) is 8.49. The number of halogens is 4. The van der Waals surface area contributed by atoms with E-state index in [-0.39, 0.29) is 16.5 Å². The van der Waals surface area contributed by atoms with E-state index in [1.165, 1.54) is 44.4 Å². The van der Waals surface area contributed by atoms with Gasteiger partial charge in [-0.25, -0.2) is 9.97 Å². The summed E-state index contributed by atoms with van der Waals surface area (Å²) in [5.41, 5.74) is -0.794. The molecule has 3 aromatic carbocycles. The third-order valence-corrected chi connectivity index (χ3v) is 7.62. The molecule has 5 rings (SSSR count). The third-order valence-electron chi connectivity index (χ3n) is 7.32. The Morgan fingerprint density at radius 1 is 1.11 bits per heavy atom. The minimum Gasteiger partial charge on any atom is -0.490 e. The van der Waals surface area contributed by atoms with Gasteiger partial charge in [0.25, 0.3) is 0 Å². The lowest BCUT2D eigenvalue weighted by Gasteiger charge is -2.26. The van der Waals surface area contributed by atoms with E-state index < -0.39 is 23.2 Å². The number of hydrogen-bond donors (Lipinski definition) is 3. The van der Waals surface area contributed by atoms with Gasteiger partial charge in [0.1, 0.15) is 36.0 Å². The minimum atomic E-state index is -4.56. The lowest BCUT2D eigenvalue weighted by atomic mass is 9.96. The monoisotopic (exact) mass is 671 g/mol. The molecule has 248 valence electrons. The molecule has 3 N–H and O–H groups in total. The van der Waals surface area contributed by atoms with Gasteiger partial charge in [-0.1, -0.05) is 24.2 Å². The molecule has 0 spiro atoms. The number of fused-ring (bicyclic) bond motifs is 1. The van der Waals surface area contributed by atoms with E-state index in [9.17, 15) is 23.1 Å². The van der Waals surface area contributed by atoms with Gasteiger partial charge < -0.3 is 30.0 Å². The van der Waals surface area contributed by atoms with E-state index >= 15 is 0 Å². The van der Waals surface area contributed by atoms with E-state index in [0.717, 1.165) is 31.3 Å². The number of amides is 1. The van der Waals surface area contributed by atoms with Crippen LogP contribution in [0.4, 0.5) is 30.4 Å². The van der Waals surface area contributed by atoms with Crippen LogP contribution in [0.15, 0.2) is 67.5 Å². The lowest BCUT2D eigenvalue weighted by molar-refractivity contribution is -0.137. The number of ether oxygens (including phenoxy) is 3. The number of benzene rings is 3. The Labute approximate surface area is 274 Å². The number of aliphatic hydroxyl groups is 1. The van der Waals surface area contributed by atoms with Crippen LogP contribution in [0.25, 0.3) is 10.9 Å². The molecule has 0 radical (unpaired) electrons. The molecule has 10 nitrogen and oxygen atoms in total. The molecule has 0 saturated carbocycles. The standard InChI is InChI=1S/C33H33ClF3N5O5/c1-4-30(43)40-27-15-22-25(18-29(27)46-13-10-42-8-11-45-12-9-42)38-19-39-31(22)41-26-17-24(34)28(16-23(26)32(2,3)44)47-21-7-5-6-20(14-21)33(35,36)37/h4-7,14-19,44H,1,8-13H2,2-3H3,(H,40,43)(H,38,39,41). The minimum absolute atomic E-state index is 0.0366. The van der Waals surface area contributed by atoms with E-state index in [1.54, 1.807) is 12.1 Å². The van der Waals surface area contributed by atoms with Crippen LogP contribution < -0.4 is 20.1 Å². The number of carbonyl (C=O) groups excluding carboxylic acids is 1. The second kappa shape index (κ2) is 14.1. The highest BCUT2D eigenvalue weighted by atomic mass is 35.5. The molecule has 0 aliphatic carbocycles. The Hall–Kier alpha value is -4.43. The van der Waals surface area contributed by atoms with Gasteiger partial charge >= 0.3 is 6.18 Å². The summed E-state index contributed by atoms with van der Waals surface area (Å²) < 4.78 is 57.0. The number of nitrogens with one attached hydrogen (secondary N) is 2. The first-order valence-corrected chi connectivity index (χ1v) is 15.0. The van der Waals surface area contributed by atoms with Crippen molar-refractivity contribution >= 4 is 45.6 Å². The molecule has 2 heterocycles. The first-order chi connectivity index (χ1) is 22.3. The van der Waals surface area contributed by atoms with Gasteiger partial charge in [0.05, 0.1) is 40.6 Å². The molecule has 1 aliphatic rings. The number of morpholine rings is 1. The van der Waals surface area contributed by atoms with Crippen molar-refractivity contribution in [1.82, 2.24) is 14.9 Å². The summed E-state index contributed by atoms with van der Waals surface area (Å²) in [5.74, 6) is 0.234. The summed E-state index contributed by atoms with van der Waals surface area (Å²) in [4.78, 5) is 23.3. The SMILES string of the molecule is C=CC(=O)Nc1cc2c(Nc3cc(Cl)c(Oc4cccc(C(F)(F)F)c4)cc3C(C)(C)O)ncnc2cc1OCCN1CCOCC1. The molecule has 0 bridgehead atoms. The fraction of sp³-hybridized carbons (Fsp3) is 0.303. The van der Waals surface area contributed by atoms with Crippen LogP contribution in [0.1, 0.15) is 25.0 Å². The van der Waals surface area contributed by atoms with Gasteiger partial charge in [0.15, 0.2) is 0 Å². The van der Waals surface area contributed by atoms with E-state index in [0.29, 0.717) is 65.8 Å². The van der Waals surface area contributed by atoms with E-state index in [4.69, 9.17) is 25.8 Å². The summed E-state index contributed by atoms with van der Waals surface area (Å²) in [6, 6.07) is 10.7. The number of hydrogen-bond acceptors (Lipinski definition) is 9. The van der Waals surface area contributed by atoms with Crippen LogP contribution in [0.5, 0.6) is 17.2 Å². The molecule has 1 fully saturated rings. The topological polar surface area (TPSA) is 118 Å². The molecular formula is C33H33ClF3N5O5. The number of anilines is 3. The first kappa shape index (κ1) is 33.9. The van der Waals surface area contributed by atoms with Gasteiger partial charge in [-0.2, -0.15) is 13.2 Å². The largest absolute Gasteiger partial charge is 0.490 e. The van der Waals surface area contributed by atoms with Gasteiger partial charge in [0, 0.05) is 42.3 Å². The van der Waals surface area contributed by atoms with E-state index in [2.05, 4.69) is 32.1 Å². The van der Waals surface area contributed by atoms with Crippen molar-refractivity contribution in [2.24, 2.45) is 0 Å². The molecule has 1 aliphatic heterocycles. The number of carbonyl (C=O) groups is 1. The summed E-state index contributed by atoms with van der Waals surface area (Å²) in [6.07, 6.45) is -2.07. The molecular weight excluding hydrogens is 639 g/mol. The van der Waals surface area contributed by atoms with Crippen molar-refractivity contribution in [3.05, 3.63) is 83.7 Å². The highest BCUT2D eigenvalue weighted by Gasteiger charge is 2.31.